The molecule has 1 aromatic rings. The molecule has 0 amide bonds. The Morgan fingerprint density at radius 3 is 2.12 bits per heavy atom. The molecule has 4 nitrogen and oxygen atoms in total. The first-order valence-corrected chi connectivity index (χ1v) is 7.90. The molecule has 0 heterocycles. The number of ether oxygens (including phenoxy) is 1. The van der Waals surface area contributed by atoms with Crippen LogP contribution >= 0.6 is 0 Å². The Balaban J connectivity index is 0.00000163. The third-order valence-electron chi connectivity index (χ3n) is 3.11. The van der Waals surface area contributed by atoms with Crippen molar-refractivity contribution >= 4 is 12.1 Å². The Kier molecular flexibility index (Phi) is 8.56. The van der Waals surface area contributed by atoms with Crippen molar-refractivity contribution in [3.8, 4) is 0 Å². The molecule has 0 bridgehead atoms. The molecule has 0 spiro atoms. The fourth-order valence-electron chi connectivity index (χ4n) is 2.13. The molecule has 0 atom stereocenters. The molecular weight excluding hydrogens is 311 g/mol. The summed E-state index contributed by atoms with van der Waals surface area (Å²) in [6.07, 6.45) is 2.10. The number of hydrogen-bond acceptors (Lipinski definition) is 4. The van der Waals surface area contributed by atoms with Gasteiger partial charge in [-0.25, -0.2) is 4.39 Å². The van der Waals surface area contributed by atoms with Crippen LogP contribution in [0, 0.1) is 5.82 Å². The molecule has 134 valence electrons. The fourth-order valence-corrected chi connectivity index (χ4v) is 2.13. The topological polar surface area (TPSA) is 60.4 Å². The zero-order valence-electron chi connectivity index (χ0n) is 15.4. The highest BCUT2D eigenvalue weighted by Crippen LogP contribution is 2.26. The Labute approximate surface area is 143 Å². The van der Waals surface area contributed by atoms with E-state index in [2.05, 4.69) is 0 Å². The van der Waals surface area contributed by atoms with Crippen LogP contribution in [0.5, 0.6) is 0 Å². The number of aryl methyl sites for hydroxylation is 1. The van der Waals surface area contributed by atoms with E-state index in [0.29, 0.717) is 12.8 Å². The van der Waals surface area contributed by atoms with Crippen molar-refractivity contribution in [1.29, 1.82) is 0 Å². The van der Waals surface area contributed by atoms with Gasteiger partial charge in [-0.2, -0.15) is 9.59 Å². The lowest BCUT2D eigenvalue weighted by molar-refractivity contribution is -0.191. The molecule has 1 rings (SSSR count). The zero-order chi connectivity index (χ0) is 19.0. The number of hydrogen-bond donors (Lipinski definition) is 0. The predicted octanol–water partition coefficient (Wildman–Crippen LogP) is 4.20. The van der Waals surface area contributed by atoms with E-state index in [9.17, 15) is 9.18 Å². The molecule has 0 aliphatic carbocycles. The van der Waals surface area contributed by atoms with Gasteiger partial charge >= 0.3 is 12.1 Å². The molecule has 0 saturated carbocycles. The van der Waals surface area contributed by atoms with Gasteiger partial charge in [0.1, 0.15) is 11.4 Å². The first-order chi connectivity index (χ1) is 10.9. The Morgan fingerprint density at radius 1 is 1.12 bits per heavy atom. The van der Waals surface area contributed by atoms with Gasteiger partial charge in [0, 0.05) is 6.42 Å². The highest BCUT2D eigenvalue weighted by molar-refractivity contribution is 5.69. The summed E-state index contributed by atoms with van der Waals surface area (Å²) >= 11 is 0. The van der Waals surface area contributed by atoms with Crippen LogP contribution < -0.4 is 0 Å². The third kappa shape index (κ3) is 9.21. The quantitative estimate of drug-likeness (QED) is 0.772. The molecular formula is C19H27FO4. The zero-order valence-corrected chi connectivity index (χ0v) is 15.4. The van der Waals surface area contributed by atoms with Gasteiger partial charge in [0.15, 0.2) is 0 Å². The van der Waals surface area contributed by atoms with Crippen molar-refractivity contribution in [2.45, 2.75) is 71.8 Å². The van der Waals surface area contributed by atoms with Crippen molar-refractivity contribution in [3.05, 3.63) is 35.1 Å². The van der Waals surface area contributed by atoms with Crippen LogP contribution in [0.4, 0.5) is 4.39 Å². The number of halogens is 1. The summed E-state index contributed by atoms with van der Waals surface area (Å²) in [5, 5.41) is 0. The second-order valence-electron chi connectivity index (χ2n) is 7.59. The van der Waals surface area contributed by atoms with E-state index < -0.39 is 5.60 Å². The van der Waals surface area contributed by atoms with Crippen molar-refractivity contribution in [1.82, 2.24) is 0 Å². The summed E-state index contributed by atoms with van der Waals surface area (Å²) in [6, 6.07) is 5.22. The van der Waals surface area contributed by atoms with Crippen LogP contribution in [0.25, 0.3) is 0 Å². The summed E-state index contributed by atoms with van der Waals surface area (Å²) in [6.45, 7) is 11.6. The van der Waals surface area contributed by atoms with Crippen molar-refractivity contribution in [3.63, 3.8) is 0 Å². The monoisotopic (exact) mass is 338 g/mol. The molecule has 0 saturated heterocycles. The minimum absolute atomic E-state index is 0.168. The predicted molar refractivity (Wildman–Crippen MR) is 88.9 cm³/mol. The highest BCUT2D eigenvalue weighted by Gasteiger charge is 2.19. The smallest absolute Gasteiger partial charge is 0.373 e. The van der Waals surface area contributed by atoms with E-state index in [4.69, 9.17) is 14.3 Å². The Hall–Kier alpha value is -2.00. The molecule has 0 unspecified atom stereocenters. The van der Waals surface area contributed by atoms with E-state index in [0.717, 1.165) is 17.5 Å². The number of rotatable bonds is 4. The van der Waals surface area contributed by atoms with Gasteiger partial charge in [0.25, 0.3) is 0 Å². The van der Waals surface area contributed by atoms with Gasteiger partial charge in [-0.1, -0.05) is 32.9 Å². The van der Waals surface area contributed by atoms with E-state index in [1.807, 2.05) is 47.6 Å². The molecule has 5 heteroatoms. The fraction of sp³-hybridized carbons (Fsp3) is 0.579. The lowest BCUT2D eigenvalue weighted by atomic mass is 9.85. The van der Waals surface area contributed by atoms with Gasteiger partial charge in [-0.3, -0.25) is 4.79 Å². The number of benzene rings is 1. The molecule has 24 heavy (non-hydrogen) atoms. The van der Waals surface area contributed by atoms with Gasteiger partial charge in [-0.15, -0.1) is 0 Å². The average molecular weight is 338 g/mol. The van der Waals surface area contributed by atoms with E-state index in [1.54, 1.807) is 6.07 Å². The van der Waals surface area contributed by atoms with Gasteiger partial charge in [-0.05, 0) is 56.2 Å². The van der Waals surface area contributed by atoms with Crippen LogP contribution in [0.1, 0.15) is 65.5 Å². The van der Waals surface area contributed by atoms with Crippen LogP contribution in [-0.2, 0) is 31.0 Å². The SMILES string of the molecule is CC(C)(C)OC(=O)CCCc1ccc(F)c(C(C)(C)C)c1.O=C=O. The van der Waals surface area contributed by atoms with E-state index in [1.165, 1.54) is 6.07 Å². The second kappa shape index (κ2) is 9.33. The van der Waals surface area contributed by atoms with E-state index in [-0.39, 0.29) is 23.4 Å². The standard InChI is InChI=1S/C18H27FO2.CO2/c1-17(2,3)14-12-13(10-11-15(14)19)8-7-9-16(20)21-18(4,5)6;2-1-3/h10-12H,7-9H2,1-6H3;. The molecule has 0 fully saturated rings. The second-order valence-corrected chi connectivity index (χ2v) is 7.59. The summed E-state index contributed by atoms with van der Waals surface area (Å²) in [7, 11) is 0. The largest absolute Gasteiger partial charge is 0.460 e. The summed E-state index contributed by atoms with van der Waals surface area (Å²) in [5.41, 5.74) is 1.12. The third-order valence-corrected chi connectivity index (χ3v) is 3.11. The summed E-state index contributed by atoms with van der Waals surface area (Å²) in [5.74, 6) is -0.348. The maximum absolute atomic E-state index is 13.8. The van der Waals surface area contributed by atoms with E-state index >= 15 is 0 Å². The molecule has 0 N–H and O–H groups in total. The number of esters is 1. The lowest BCUT2D eigenvalue weighted by Crippen LogP contribution is -2.23. The Morgan fingerprint density at radius 2 is 1.67 bits per heavy atom. The van der Waals surface area contributed by atoms with Gasteiger partial charge in [0.2, 0.25) is 0 Å². The molecule has 1 aromatic carbocycles. The maximum Gasteiger partial charge on any atom is 0.373 e. The molecule has 0 radical (unpaired) electrons. The number of carbonyl (C=O) groups is 1. The number of carbonyl (C=O) groups excluding carboxylic acids is 3. The summed E-state index contributed by atoms with van der Waals surface area (Å²) < 4.78 is 19.1. The normalized spacial score (nSPS) is 11.1. The first-order valence-electron chi connectivity index (χ1n) is 7.90. The van der Waals surface area contributed by atoms with Crippen LogP contribution in [0.2, 0.25) is 0 Å². The maximum atomic E-state index is 13.8. The molecule has 0 aromatic heterocycles. The van der Waals surface area contributed by atoms with Gasteiger partial charge in [0.05, 0.1) is 0 Å². The van der Waals surface area contributed by atoms with Crippen LogP contribution in [0.15, 0.2) is 18.2 Å². The minimum Gasteiger partial charge on any atom is -0.460 e. The van der Waals surface area contributed by atoms with Crippen molar-refractivity contribution in [2.24, 2.45) is 0 Å². The van der Waals surface area contributed by atoms with Crippen molar-refractivity contribution < 1.29 is 23.5 Å². The molecule has 0 aliphatic heterocycles. The van der Waals surface area contributed by atoms with Crippen LogP contribution in [0.3, 0.4) is 0 Å². The minimum atomic E-state index is -0.438. The highest BCUT2D eigenvalue weighted by atomic mass is 19.1. The average Bonchev–Trinajstić information content (AvgIpc) is 2.38. The first kappa shape index (κ1) is 22.0. The summed E-state index contributed by atoms with van der Waals surface area (Å²) in [4.78, 5) is 27.9. The van der Waals surface area contributed by atoms with Crippen molar-refractivity contribution in [2.75, 3.05) is 0 Å². The Bertz CT molecular complexity index is 574. The lowest BCUT2D eigenvalue weighted by Gasteiger charge is -2.21. The molecule has 0 aliphatic rings. The van der Waals surface area contributed by atoms with Crippen LogP contribution in [-0.4, -0.2) is 17.7 Å². The van der Waals surface area contributed by atoms with Gasteiger partial charge < -0.3 is 4.74 Å².